The molecule has 2 amide bonds. The first-order valence-electron chi connectivity index (χ1n) is 9.29. The normalized spacial score (nSPS) is 10.4. The first-order valence-corrected chi connectivity index (χ1v) is 11.6. The van der Waals surface area contributed by atoms with E-state index in [0.717, 1.165) is 19.2 Å². The molecule has 0 aliphatic rings. The summed E-state index contributed by atoms with van der Waals surface area (Å²) in [7, 11) is 1.56. The van der Waals surface area contributed by atoms with Crippen molar-refractivity contribution in [2.45, 2.75) is 26.7 Å². The molecule has 0 unspecified atom stereocenters. The van der Waals surface area contributed by atoms with Gasteiger partial charge in [-0.3, -0.25) is 25.8 Å². The van der Waals surface area contributed by atoms with Gasteiger partial charge in [-0.15, -0.1) is 0 Å². The van der Waals surface area contributed by atoms with E-state index in [1.165, 1.54) is 0 Å². The largest absolute Gasteiger partial charge is 0.496 e. The molecule has 31 heavy (non-hydrogen) atoms. The first-order chi connectivity index (χ1) is 14.6. The van der Waals surface area contributed by atoms with Gasteiger partial charge >= 0.3 is 0 Å². The van der Waals surface area contributed by atoms with Crippen molar-refractivity contribution in [2.75, 3.05) is 13.7 Å². The average molecular weight is 620 g/mol. The molecule has 166 valence electrons. The number of benzene rings is 2. The standard InChI is InChI=1S/C21H23BrIN3O4S/c1-11(2)14-9-15(22)12(3)7-18(14)30-10-19(27)24-21(31)26-25-20(28)13-5-6-17(29-4)16(23)8-13/h5-9,11H,10H2,1-4H3,(H,25,28)(H2,24,26,27,31). The van der Waals surface area contributed by atoms with Crippen LogP contribution in [-0.4, -0.2) is 30.6 Å². The summed E-state index contributed by atoms with van der Waals surface area (Å²) in [6.07, 6.45) is 0. The quantitative estimate of drug-likeness (QED) is 0.255. The highest BCUT2D eigenvalue weighted by atomic mass is 127. The summed E-state index contributed by atoms with van der Waals surface area (Å²) in [6.45, 7) is 5.84. The van der Waals surface area contributed by atoms with Crippen LogP contribution in [0.2, 0.25) is 0 Å². The Morgan fingerprint density at radius 1 is 1.16 bits per heavy atom. The van der Waals surface area contributed by atoms with Crippen LogP contribution in [0.25, 0.3) is 0 Å². The molecule has 2 aromatic carbocycles. The number of rotatable bonds is 6. The fourth-order valence-electron chi connectivity index (χ4n) is 2.58. The third-order valence-electron chi connectivity index (χ3n) is 4.23. The molecule has 0 radical (unpaired) electrons. The maximum atomic E-state index is 12.2. The molecule has 0 heterocycles. The monoisotopic (exact) mass is 619 g/mol. The maximum Gasteiger partial charge on any atom is 0.269 e. The Morgan fingerprint density at radius 2 is 1.87 bits per heavy atom. The lowest BCUT2D eigenvalue weighted by atomic mass is 10.0. The van der Waals surface area contributed by atoms with Gasteiger partial charge in [0.25, 0.3) is 11.8 Å². The van der Waals surface area contributed by atoms with Crippen LogP contribution in [0.3, 0.4) is 0 Å². The summed E-state index contributed by atoms with van der Waals surface area (Å²) in [6, 6.07) is 8.89. The summed E-state index contributed by atoms with van der Waals surface area (Å²) in [5.74, 6) is 0.705. The molecule has 2 rings (SSSR count). The number of hydrazine groups is 1. The average Bonchev–Trinajstić information content (AvgIpc) is 2.72. The molecular weight excluding hydrogens is 597 g/mol. The Balaban J connectivity index is 1.86. The second-order valence-electron chi connectivity index (χ2n) is 6.89. The fourth-order valence-corrected chi connectivity index (χ4v) is 3.84. The maximum absolute atomic E-state index is 12.2. The predicted octanol–water partition coefficient (Wildman–Crippen LogP) is 4.21. The Labute approximate surface area is 208 Å². The second kappa shape index (κ2) is 11.6. The molecule has 0 atom stereocenters. The van der Waals surface area contributed by atoms with E-state index in [1.54, 1.807) is 25.3 Å². The van der Waals surface area contributed by atoms with E-state index in [9.17, 15) is 9.59 Å². The molecule has 0 saturated carbocycles. The molecule has 0 aromatic heterocycles. The molecule has 10 heteroatoms. The number of ether oxygens (including phenoxy) is 2. The van der Waals surface area contributed by atoms with Crippen molar-refractivity contribution in [3.8, 4) is 11.5 Å². The smallest absolute Gasteiger partial charge is 0.269 e. The van der Waals surface area contributed by atoms with E-state index in [-0.39, 0.29) is 17.6 Å². The summed E-state index contributed by atoms with van der Waals surface area (Å²) in [5.41, 5.74) is 7.37. The van der Waals surface area contributed by atoms with Crippen LogP contribution < -0.4 is 25.6 Å². The summed E-state index contributed by atoms with van der Waals surface area (Å²) in [5, 5.41) is 2.43. The predicted molar refractivity (Wildman–Crippen MR) is 136 cm³/mol. The van der Waals surface area contributed by atoms with Crippen molar-refractivity contribution in [1.82, 2.24) is 16.2 Å². The van der Waals surface area contributed by atoms with Crippen molar-refractivity contribution in [3.05, 3.63) is 55.1 Å². The Bertz CT molecular complexity index is 1000. The lowest BCUT2D eigenvalue weighted by molar-refractivity contribution is -0.121. The minimum atomic E-state index is -0.443. The third-order valence-corrected chi connectivity index (χ3v) is 6.13. The zero-order chi connectivity index (χ0) is 23.1. The van der Waals surface area contributed by atoms with Gasteiger partial charge in [-0.25, -0.2) is 0 Å². The lowest BCUT2D eigenvalue weighted by Crippen LogP contribution is -2.49. The number of amides is 2. The molecule has 0 fully saturated rings. The van der Waals surface area contributed by atoms with Crippen LogP contribution in [0.15, 0.2) is 34.8 Å². The molecule has 0 aliphatic heterocycles. The van der Waals surface area contributed by atoms with E-state index in [2.05, 4.69) is 68.5 Å². The highest BCUT2D eigenvalue weighted by Crippen LogP contribution is 2.32. The van der Waals surface area contributed by atoms with Crippen molar-refractivity contribution >= 4 is 67.7 Å². The molecular formula is C21H23BrIN3O4S. The van der Waals surface area contributed by atoms with Gasteiger partial charge in [-0.1, -0.05) is 29.8 Å². The molecule has 3 N–H and O–H groups in total. The lowest BCUT2D eigenvalue weighted by Gasteiger charge is -2.16. The van der Waals surface area contributed by atoms with Gasteiger partial charge in [0, 0.05) is 10.0 Å². The van der Waals surface area contributed by atoms with Gasteiger partial charge in [-0.05, 0) is 89.1 Å². The van der Waals surface area contributed by atoms with Crippen molar-refractivity contribution < 1.29 is 19.1 Å². The molecule has 0 saturated heterocycles. The minimum Gasteiger partial charge on any atom is -0.496 e. The Hall–Kier alpha value is -1.92. The van der Waals surface area contributed by atoms with Crippen LogP contribution in [0, 0.1) is 10.5 Å². The summed E-state index contributed by atoms with van der Waals surface area (Å²) >= 11 is 10.7. The molecule has 0 aliphatic carbocycles. The first kappa shape index (κ1) is 25.3. The number of carbonyl (C=O) groups excluding carboxylic acids is 2. The zero-order valence-electron chi connectivity index (χ0n) is 17.5. The topological polar surface area (TPSA) is 88.7 Å². The second-order valence-corrected chi connectivity index (χ2v) is 9.31. The number of aryl methyl sites for hydroxylation is 1. The fraction of sp³-hybridized carbons (Fsp3) is 0.286. The Kier molecular flexibility index (Phi) is 9.51. The number of hydrogen-bond donors (Lipinski definition) is 3. The van der Waals surface area contributed by atoms with Crippen LogP contribution in [0.1, 0.15) is 41.3 Å². The van der Waals surface area contributed by atoms with Crippen LogP contribution >= 0.6 is 50.7 Å². The van der Waals surface area contributed by atoms with Gasteiger partial charge in [0.05, 0.1) is 10.7 Å². The van der Waals surface area contributed by atoms with Gasteiger partial charge in [0.2, 0.25) is 0 Å². The third kappa shape index (κ3) is 7.32. The zero-order valence-corrected chi connectivity index (χ0v) is 22.0. The van der Waals surface area contributed by atoms with Gasteiger partial charge in [0.1, 0.15) is 11.5 Å². The highest BCUT2D eigenvalue weighted by molar-refractivity contribution is 14.1. The van der Waals surface area contributed by atoms with Crippen LogP contribution in [0.4, 0.5) is 0 Å². The number of nitrogens with one attached hydrogen (secondary N) is 3. The number of thiocarbonyl (C=S) groups is 1. The molecule has 7 nitrogen and oxygen atoms in total. The molecule has 0 bridgehead atoms. The van der Waals surface area contributed by atoms with E-state index in [4.69, 9.17) is 21.7 Å². The Morgan fingerprint density at radius 3 is 2.48 bits per heavy atom. The number of halogens is 2. The molecule has 0 spiro atoms. The SMILES string of the molecule is COc1ccc(C(=O)NNC(=S)NC(=O)COc2cc(C)c(Br)cc2C(C)C)cc1I. The molecule has 2 aromatic rings. The van der Waals surface area contributed by atoms with E-state index < -0.39 is 11.8 Å². The number of hydrogen-bond acceptors (Lipinski definition) is 5. The van der Waals surface area contributed by atoms with E-state index >= 15 is 0 Å². The van der Waals surface area contributed by atoms with Crippen LogP contribution in [0.5, 0.6) is 11.5 Å². The summed E-state index contributed by atoms with van der Waals surface area (Å²) < 4.78 is 12.7. The highest BCUT2D eigenvalue weighted by Gasteiger charge is 2.14. The van der Waals surface area contributed by atoms with Crippen molar-refractivity contribution in [2.24, 2.45) is 0 Å². The van der Waals surface area contributed by atoms with Gasteiger partial charge in [-0.2, -0.15) is 0 Å². The number of methoxy groups -OCH3 is 1. The van der Waals surface area contributed by atoms with Gasteiger partial charge in [0.15, 0.2) is 11.7 Å². The van der Waals surface area contributed by atoms with Gasteiger partial charge < -0.3 is 9.47 Å². The minimum absolute atomic E-state index is 0.0405. The van der Waals surface area contributed by atoms with E-state index in [1.807, 2.05) is 19.1 Å². The number of carbonyl (C=O) groups is 2. The van der Waals surface area contributed by atoms with Crippen molar-refractivity contribution in [1.29, 1.82) is 0 Å². The van der Waals surface area contributed by atoms with E-state index in [0.29, 0.717) is 17.1 Å². The summed E-state index contributed by atoms with van der Waals surface area (Å²) in [4.78, 5) is 24.4. The van der Waals surface area contributed by atoms with Crippen molar-refractivity contribution in [3.63, 3.8) is 0 Å². The van der Waals surface area contributed by atoms with Crippen LogP contribution in [-0.2, 0) is 4.79 Å².